The fraction of sp³-hybridized carbons (Fsp3) is 0.571. The molecule has 19 heavy (non-hydrogen) atoms. The normalized spacial score (nSPS) is 20.4. The van der Waals surface area contributed by atoms with Gasteiger partial charge in [-0.05, 0) is 17.5 Å². The van der Waals surface area contributed by atoms with E-state index in [0.29, 0.717) is 12.4 Å². The summed E-state index contributed by atoms with van der Waals surface area (Å²) in [6, 6.07) is 5.08. The van der Waals surface area contributed by atoms with Crippen LogP contribution in [0.5, 0.6) is 0 Å². The van der Waals surface area contributed by atoms with Gasteiger partial charge in [-0.15, -0.1) is 0 Å². The van der Waals surface area contributed by atoms with Gasteiger partial charge < -0.3 is 14.7 Å². The highest BCUT2D eigenvalue weighted by Crippen LogP contribution is 2.27. The number of morpholine rings is 1. The number of ether oxygens (including phenoxy) is 1. The third-order valence-electron chi connectivity index (χ3n) is 3.31. The Bertz CT molecular complexity index is 468. The molecule has 0 aliphatic carbocycles. The number of rotatable bonds is 2. The van der Waals surface area contributed by atoms with E-state index < -0.39 is 5.97 Å². The van der Waals surface area contributed by atoms with Crippen LogP contribution in [0.25, 0.3) is 0 Å². The summed E-state index contributed by atoms with van der Waals surface area (Å²) < 4.78 is 5.79. The zero-order valence-electron chi connectivity index (χ0n) is 11.6. The SMILES string of the molecule is CC(C)(C)C1CN(c2cccc(C(=O)O)n2)CCO1. The maximum atomic E-state index is 11.0. The number of carboxylic acids is 1. The van der Waals surface area contributed by atoms with Crippen molar-refractivity contribution in [3.05, 3.63) is 23.9 Å². The zero-order valence-corrected chi connectivity index (χ0v) is 11.6. The van der Waals surface area contributed by atoms with Crippen molar-refractivity contribution >= 4 is 11.8 Å². The largest absolute Gasteiger partial charge is 0.477 e. The van der Waals surface area contributed by atoms with Gasteiger partial charge in [-0.25, -0.2) is 9.78 Å². The molecule has 5 heteroatoms. The van der Waals surface area contributed by atoms with E-state index in [-0.39, 0.29) is 17.2 Å². The van der Waals surface area contributed by atoms with Gasteiger partial charge in [0.05, 0.1) is 12.7 Å². The van der Waals surface area contributed by atoms with E-state index in [9.17, 15) is 4.79 Å². The van der Waals surface area contributed by atoms with Gasteiger partial charge in [0.1, 0.15) is 5.82 Å². The summed E-state index contributed by atoms with van der Waals surface area (Å²) in [6.45, 7) is 8.54. The van der Waals surface area contributed by atoms with Crippen LogP contribution in [0.3, 0.4) is 0 Å². The number of nitrogens with zero attached hydrogens (tertiary/aromatic N) is 2. The summed E-state index contributed by atoms with van der Waals surface area (Å²) in [7, 11) is 0. The van der Waals surface area contributed by atoms with Gasteiger partial charge in [0, 0.05) is 13.1 Å². The van der Waals surface area contributed by atoms with E-state index in [1.54, 1.807) is 6.07 Å². The summed E-state index contributed by atoms with van der Waals surface area (Å²) >= 11 is 0. The molecule has 5 nitrogen and oxygen atoms in total. The predicted octanol–water partition coefficient (Wildman–Crippen LogP) is 2.03. The Kier molecular flexibility index (Phi) is 3.75. The molecule has 0 radical (unpaired) electrons. The number of hydrogen-bond acceptors (Lipinski definition) is 4. The average molecular weight is 264 g/mol. The van der Waals surface area contributed by atoms with Crippen molar-refractivity contribution in [2.24, 2.45) is 5.41 Å². The highest BCUT2D eigenvalue weighted by atomic mass is 16.5. The molecular formula is C14H20N2O3. The molecular weight excluding hydrogens is 244 g/mol. The molecule has 1 N–H and O–H groups in total. The van der Waals surface area contributed by atoms with Crippen LogP contribution in [0.4, 0.5) is 5.82 Å². The molecule has 0 amide bonds. The van der Waals surface area contributed by atoms with Crippen LogP contribution in [-0.4, -0.2) is 41.9 Å². The smallest absolute Gasteiger partial charge is 0.354 e. The maximum absolute atomic E-state index is 11.0. The number of hydrogen-bond donors (Lipinski definition) is 1. The Morgan fingerprint density at radius 1 is 1.47 bits per heavy atom. The van der Waals surface area contributed by atoms with Gasteiger partial charge in [0.25, 0.3) is 0 Å². The molecule has 1 aromatic heterocycles. The summed E-state index contributed by atoms with van der Waals surface area (Å²) in [5.41, 5.74) is 0.139. The van der Waals surface area contributed by atoms with E-state index in [2.05, 4.69) is 30.7 Å². The summed E-state index contributed by atoms with van der Waals surface area (Å²) in [4.78, 5) is 17.2. The molecule has 0 bridgehead atoms. The Morgan fingerprint density at radius 2 is 2.21 bits per heavy atom. The number of aromatic nitrogens is 1. The molecule has 1 aromatic rings. The minimum atomic E-state index is -0.998. The predicted molar refractivity (Wildman–Crippen MR) is 72.6 cm³/mol. The van der Waals surface area contributed by atoms with Crippen molar-refractivity contribution in [2.45, 2.75) is 26.9 Å². The molecule has 2 rings (SSSR count). The van der Waals surface area contributed by atoms with E-state index in [1.807, 2.05) is 6.07 Å². The Labute approximate surface area is 113 Å². The van der Waals surface area contributed by atoms with Gasteiger partial charge in [0.15, 0.2) is 5.69 Å². The standard InChI is InChI=1S/C14H20N2O3/c1-14(2,3)11-9-16(7-8-19-11)12-6-4-5-10(15-12)13(17)18/h4-6,11H,7-9H2,1-3H3,(H,17,18). The number of carboxylic acid groups (broad SMARTS) is 1. The van der Waals surface area contributed by atoms with Crippen molar-refractivity contribution in [1.82, 2.24) is 4.98 Å². The van der Waals surface area contributed by atoms with Gasteiger partial charge in [-0.3, -0.25) is 0 Å². The Morgan fingerprint density at radius 3 is 2.84 bits per heavy atom. The van der Waals surface area contributed by atoms with Crippen LogP contribution in [-0.2, 0) is 4.74 Å². The number of aromatic carboxylic acids is 1. The summed E-state index contributed by atoms with van der Waals surface area (Å²) in [5, 5.41) is 8.98. The zero-order chi connectivity index (χ0) is 14.0. The first kappa shape index (κ1) is 13.8. The fourth-order valence-electron chi connectivity index (χ4n) is 2.10. The number of pyridine rings is 1. The number of anilines is 1. The second-order valence-corrected chi connectivity index (χ2v) is 5.86. The van der Waals surface area contributed by atoms with Gasteiger partial charge >= 0.3 is 5.97 Å². The lowest BCUT2D eigenvalue weighted by molar-refractivity contribution is -0.0267. The molecule has 0 saturated carbocycles. The highest BCUT2D eigenvalue weighted by molar-refractivity contribution is 5.85. The van der Waals surface area contributed by atoms with Gasteiger partial charge in [-0.1, -0.05) is 26.8 Å². The van der Waals surface area contributed by atoms with E-state index >= 15 is 0 Å². The van der Waals surface area contributed by atoms with Crippen LogP contribution < -0.4 is 4.90 Å². The first-order valence-corrected chi connectivity index (χ1v) is 6.45. The molecule has 1 aliphatic rings. The lowest BCUT2D eigenvalue weighted by Gasteiger charge is -2.40. The van der Waals surface area contributed by atoms with Crippen LogP contribution in [0.15, 0.2) is 18.2 Å². The van der Waals surface area contributed by atoms with Crippen molar-refractivity contribution in [3.8, 4) is 0 Å². The quantitative estimate of drug-likeness (QED) is 0.885. The number of carbonyl (C=O) groups is 1. The second kappa shape index (κ2) is 5.17. The van der Waals surface area contributed by atoms with Gasteiger partial charge in [0.2, 0.25) is 0 Å². The molecule has 1 atom stereocenters. The maximum Gasteiger partial charge on any atom is 0.354 e. The van der Waals surface area contributed by atoms with E-state index in [0.717, 1.165) is 13.1 Å². The van der Waals surface area contributed by atoms with E-state index in [4.69, 9.17) is 9.84 Å². The first-order chi connectivity index (χ1) is 8.88. The van der Waals surface area contributed by atoms with Crippen molar-refractivity contribution in [3.63, 3.8) is 0 Å². The van der Waals surface area contributed by atoms with Crippen molar-refractivity contribution in [2.75, 3.05) is 24.6 Å². The van der Waals surface area contributed by atoms with E-state index in [1.165, 1.54) is 6.07 Å². The first-order valence-electron chi connectivity index (χ1n) is 6.45. The second-order valence-electron chi connectivity index (χ2n) is 5.86. The third-order valence-corrected chi connectivity index (χ3v) is 3.31. The Hall–Kier alpha value is -1.62. The topological polar surface area (TPSA) is 62.7 Å². The summed E-state index contributed by atoms with van der Waals surface area (Å²) in [6.07, 6.45) is 0.122. The summed E-state index contributed by atoms with van der Waals surface area (Å²) in [5.74, 6) is -0.292. The Balaban J connectivity index is 2.17. The fourth-order valence-corrected chi connectivity index (χ4v) is 2.10. The average Bonchev–Trinajstić information content (AvgIpc) is 2.38. The molecule has 1 unspecified atom stereocenters. The van der Waals surface area contributed by atoms with Crippen LogP contribution in [0.2, 0.25) is 0 Å². The van der Waals surface area contributed by atoms with Crippen LogP contribution >= 0.6 is 0 Å². The molecule has 0 aromatic carbocycles. The molecule has 0 spiro atoms. The molecule has 2 heterocycles. The molecule has 1 aliphatic heterocycles. The van der Waals surface area contributed by atoms with Crippen molar-refractivity contribution in [1.29, 1.82) is 0 Å². The highest BCUT2D eigenvalue weighted by Gasteiger charge is 2.31. The third kappa shape index (κ3) is 3.23. The van der Waals surface area contributed by atoms with Gasteiger partial charge in [-0.2, -0.15) is 0 Å². The molecule has 1 fully saturated rings. The monoisotopic (exact) mass is 264 g/mol. The molecule has 1 saturated heterocycles. The lowest BCUT2D eigenvalue weighted by Crippen LogP contribution is -2.48. The minimum Gasteiger partial charge on any atom is -0.477 e. The van der Waals surface area contributed by atoms with Crippen LogP contribution in [0, 0.1) is 5.41 Å². The van der Waals surface area contributed by atoms with Crippen LogP contribution in [0.1, 0.15) is 31.3 Å². The molecule has 104 valence electrons. The minimum absolute atomic E-state index is 0.0586. The van der Waals surface area contributed by atoms with Crippen molar-refractivity contribution < 1.29 is 14.6 Å². The lowest BCUT2D eigenvalue weighted by atomic mass is 9.88.